The third-order valence-electron chi connectivity index (χ3n) is 7.28. The van der Waals surface area contributed by atoms with E-state index in [1.807, 2.05) is 32.1 Å². The number of Topliss-reactive ketones (excluding diaryl/α,β-unsaturated/α-hetero) is 1. The summed E-state index contributed by atoms with van der Waals surface area (Å²) in [6.45, 7) is 5.90. The number of thioether (sulfide) groups is 1. The van der Waals surface area contributed by atoms with Crippen molar-refractivity contribution in [1.82, 2.24) is 0 Å². The molecule has 0 aromatic heterocycles. The van der Waals surface area contributed by atoms with Gasteiger partial charge in [-0.05, 0) is 48.9 Å². The Labute approximate surface area is 340 Å². The van der Waals surface area contributed by atoms with Crippen LogP contribution in [0.5, 0.6) is 11.5 Å². The molecule has 0 radical (unpaired) electrons. The van der Waals surface area contributed by atoms with E-state index in [9.17, 15) is 14.4 Å². The SMILES string of the molecule is CC.C[N-]C(=O)S/C(C=O)=C(/C)C1C=CC=C(OCCOC2=C(c3ccc(OC)c(OC)c3)OC3=CC(OC)=CC(OC)=CC3C2=O)C=C1.[K+]. The van der Waals surface area contributed by atoms with E-state index >= 15 is 0 Å². The Hall–Kier alpha value is -3.46. The first kappa shape index (κ1) is 42.7. The number of benzene rings is 1. The third-order valence-corrected chi connectivity index (χ3v) is 8.27. The summed E-state index contributed by atoms with van der Waals surface area (Å²) in [6, 6.07) is 5.15. The summed E-state index contributed by atoms with van der Waals surface area (Å²) in [5, 5.41) is 3.14. The van der Waals surface area contributed by atoms with Gasteiger partial charge < -0.3 is 43.3 Å². The fourth-order valence-electron chi connectivity index (χ4n) is 4.75. The molecular weight excluding hydrogens is 690 g/mol. The number of ether oxygens (including phenoxy) is 7. The monoisotopic (exact) mass is 731 g/mol. The minimum absolute atomic E-state index is 0. The van der Waals surface area contributed by atoms with Gasteiger partial charge in [0.05, 0.1) is 33.3 Å². The Balaban J connectivity index is 0.00000284. The van der Waals surface area contributed by atoms with Gasteiger partial charge in [0.25, 0.3) is 0 Å². The molecule has 1 aromatic rings. The number of allylic oxidation sites excluding steroid dienone is 11. The number of carbonyl (C=O) groups is 3. The first-order chi connectivity index (χ1) is 23.8. The van der Waals surface area contributed by atoms with Crippen molar-refractivity contribution in [3.8, 4) is 11.5 Å². The average Bonchev–Trinajstić information content (AvgIpc) is 3.49. The molecule has 1 amide bonds. The second kappa shape index (κ2) is 21.7. The Morgan fingerprint density at radius 1 is 0.940 bits per heavy atom. The molecule has 50 heavy (non-hydrogen) atoms. The van der Waals surface area contributed by atoms with Crippen LogP contribution in [0.25, 0.3) is 11.1 Å². The van der Waals surface area contributed by atoms with E-state index in [4.69, 9.17) is 33.2 Å². The smallest absolute Gasteiger partial charge is 0.646 e. The predicted octanol–water partition coefficient (Wildman–Crippen LogP) is 4.57. The van der Waals surface area contributed by atoms with Crippen LogP contribution in [-0.2, 0) is 33.3 Å². The topological polar surface area (TPSA) is 130 Å². The minimum atomic E-state index is -0.824. The molecule has 0 saturated carbocycles. The Kier molecular flexibility index (Phi) is 18.5. The number of rotatable bonds is 13. The summed E-state index contributed by atoms with van der Waals surface area (Å²) in [7, 11) is 7.45. The van der Waals surface area contributed by atoms with Crippen LogP contribution in [0.15, 0.2) is 106 Å². The summed E-state index contributed by atoms with van der Waals surface area (Å²) in [4.78, 5) is 37.6. The molecule has 1 heterocycles. The van der Waals surface area contributed by atoms with Crippen LogP contribution >= 0.6 is 11.8 Å². The molecule has 0 spiro atoms. The number of hydrogen-bond acceptors (Lipinski definition) is 11. The number of carbonyl (C=O) groups excluding carboxylic acids is 3. The number of aldehydes is 1. The van der Waals surface area contributed by atoms with Crippen LogP contribution in [0.1, 0.15) is 26.3 Å². The molecule has 13 heteroatoms. The molecule has 3 aliphatic rings. The van der Waals surface area contributed by atoms with Gasteiger partial charge in [-0.25, -0.2) is 0 Å². The maximum Gasteiger partial charge on any atom is 1.00 e. The molecule has 0 fully saturated rings. The molecule has 2 atom stereocenters. The van der Waals surface area contributed by atoms with Crippen molar-refractivity contribution in [3.05, 3.63) is 117 Å². The second-order valence-corrected chi connectivity index (χ2v) is 11.0. The Bertz CT molecular complexity index is 1650. The first-order valence-electron chi connectivity index (χ1n) is 15.5. The van der Waals surface area contributed by atoms with Crippen molar-refractivity contribution < 1.29 is 98.9 Å². The summed E-state index contributed by atoms with van der Waals surface area (Å²) in [5.41, 5.74) is 1.24. The first-order valence-corrected chi connectivity index (χ1v) is 16.3. The second-order valence-electron chi connectivity index (χ2n) is 10.0. The molecule has 262 valence electrons. The zero-order chi connectivity index (χ0) is 35.9. The van der Waals surface area contributed by atoms with E-state index in [1.54, 1.807) is 55.5 Å². The third kappa shape index (κ3) is 11.0. The van der Waals surface area contributed by atoms with E-state index in [2.05, 4.69) is 5.32 Å². The summed E-state index contributed by atoms with van der Waals surface area (Å²) >= 11 is 0.792. The van der Waals surface area contributed by atoms with Gasteiger partial charge in [-0.3, -0.25) is 9.59 Å². The zero-order valence-corrected chi connectivity index (χ0v) is 33.9. The van der Waals surface area contributed by atoms with Crippen LogP contribution < -0.4 is 60.9 Å². The molecular formula is C37H42KNO10S. The van der Waals surface area contributed by atoms with E-state index in [-0.39, 0.29) is 87.8 Å². The van der Waals surface area contributed by atoms with Crippen molar-refractivity contribution in [2.45, 2.75) is 20.8 Å². The molecule has 0 bridgehead atoms. The molecule has 0 saturated heterocycles. The van der Waals surface area contributed by atoms with E-state index < -0.39 is 11.2 Å². The van der Waals surface area contributed by atoms with Gasteiger partial charge in [-0.15, -0.1) is 7.05 Å². The van der Waals surface area contributed by atoms with Crippen LogP contribution in [0, 0.1) is 11.8 Å². The molecule has 4 rings (SSSR count). The van der Waals surface area contributed by atoms with Crippen LogP contribution in [0.3, 0.4) is 0 Å². The number of methoxy groups -OCH3 is 4. The van der Waals surface area contributed by atoms with Crippen LogP contribution in [0.2, 0.25) is 0 Å². The van der Waals surface area contributed by atoms with E-state index in [1.165, 1.54) is 35.5 Å². The average molecular weight is 732 g/mol. The van der Waals surface area contributed by atoms with Crippen molar-refractivity contribution in [2.75, 3.05) is 48.7 Å². The number of nitrogens with zero attached hydrogens (tertiary/aromatic N) is 1. The Morgan fingerprint density at radius 2 is 1.64 bits per heavy atom. The number of hydrogen-bond donors (Lipinski definition) is 0. The molecule has 1 aliphatic heterocycles. The van der Waals surface area contributed by atoms with E-state index in [0.717, 1.165) is 11.8 Å². The van der Waals surface area contributed by atoms with Gasteiger partial charge in [0.15, 0.2) is 23.5 Å². The Morgan fingerprint density at radius 3 is 2.28 bits per heavy atom. The van der Waals surface area contributed by atoms with E-state index in [0.29, 0.717) is 56.9 Å². The van der Waals surface area contributed by atoms with Gasteiger partial charge in [0.1, 0.15) is 47.4 Å². The van der Waals surface area contributed by atoms with Gasteiger partial charge >= 0.3 is 51.4 Å². The zero-order valence-electron chi connectivity index (χ0n) is 29.9. The summed E-state index contributed by atoms with van der Waals surface area (Å²) < 4.78 is 40.1. The maximum atomic E-state index is 14.0. The quantitative estimate of drug-likeness (QED) is 0.123. The standard InChI is InChI=1S/C35H37NO10S.C2H6.K/c1-21(31(20-37)47-35(39)36-2)22-8-7-9-24(12-10-22)44-14-15-45-34-32(38)27-18-25(40-3)17-26(41-4)19-29(27)46-33(34)23-11-13-28(42-5)30(16-23)43-6;1-2;/h7-13,16-20,22,27H,14-15H2,1-6H3,(H,36,39);1-2H3;/q;;+1/p-1/b31-21-;;. The molecule has 1 aromatic carbocycles. The molecule has 2 unspecified atom stereocenters. The summed E-state index contributed by atoms with van der Waals surface area (Å²) in [6.07, 6.45) is 14.7. The fraction of sp³-hybridized carbons (Fsp3) is 0.324. The van der Waals surface area contributed by atoms with Gasteiger partial charge in [0, 0.05) is 23.6 Å². The molecule has 11 nitrogen and oxygen atoms in total. The predicted molar refractivity (Wildman–Crippen MR) is 188 cm³/mol. The van der Waals surface area contributed by atoms with Crippen LogP contribution in [-0.4, -0.2) is 66.0 Å². The number of ketones is 1. The van der Waals surface area contributed by atoms with Gasteiger partial charge in [-0.2, -0.15) is 0 Å². The minimum Gasteiger partial charge on any atom is -0.646 e. The largest absolute Gasteiger partial charge is 1.00 e. The van der Waals surface area contributed by atoms with Crippen molar-refractivity contribution in [2.24, 2.45) is 11.8 Å². The van der Waals surface area contributed by atoms with Gasteiger partial charge in [-0.1, -0.05) is 43.8 Å². The number of fused-ring (bicyclic) bond motifs is 1. The molecule has 0 N–H and O–H groups in total. The van der Waals surface area contributed by atoms with Crippen LogP contribution in [0.4, 0.5) is 4.79 Å². The number of amides is 1. The van der Waals surface area contributed by atoms with Crippen molar-refractivity contribution >= 4 is 34.8 Å². The van der Waals surface area contributed by atoms with Gasteiger partial charge in [0.2, 0.25) is 11.5 Å². The summed E-state index contributed by atoms with van der Waals surface area (Å²) in [5.74, 6) is 1.53. The normalized spacial score (nSPS) is 18.2. The fourth-order valence-corrected chi connectivity index (χ4v) is 5.37. The van der Waals surface area contributed by atoms with Crippen molar-refractivity contribution in [1.29, 1.82) is 0 Å². The molecule has 2 aliphatic carbocycles. The van der Waals surface area contributed by atoms with Crippen molar-refractivity contribution in [3.63, 3.8) is 0 Å². The maximum absolute atomic E-state index is 14.0.